The van der Waals surface area contributed by atoms with E-state index in [1.807, 2.05) is 0 Å². The first-order valence-corrected chi connectivity index (χ1v) is 4.16. The van der Waals surface area contributed by atoms with Gasteiger partial charge in [0.1, 0.15) is 4.95 Å². The lowest BCUT2D eigenvalue weighted by Gasteiger charge is -2.23. The van der Waals surface area contributed by atoms with Crippen molar-refractivity contribution in [3.63, 3.8) is 0 Å². The molecule has 1 atom stereocenters. The summed E-state index contributed by atoms with van der Waals surface area (Å²) in [6.45, 7) is 0. The predicted molar refractivity (Wildman–Crippen MR) is 46.4 cm³/mol. The Morgan fingerprint density at radius 1 is 1.83 bits per heavy atom. The molecule has 0 aromatic rings. The van der Waals surface area contributed by atoms with E-state index < -0.39 is 5.97 Å². The van der Waals surface area contributed by atoms with Gasteiger partial charge in [-0.3, -0.25) is 4.84 Å². The largest absolute Gasteiger partial charge is 0.478 e. The number of aliphatic carboxylic acids is 1. The van der Waals surface area contributed by atoms with Crippen LogP contribution in [0.3, 0.4) is 0 Å². The smallest absolute Gasteiger partial charge is 0.335 e. The van der Waals surface area contributed by atoms with Gasteiger partial charge in [-0.15, -0.1) is 0 Å². The summed E-state index contributed by atoms with van der Waals surface area (Å²) in [4.78, 5) is 15.2. The molecular formula is C7H8BrNO3. The number of carboxylic acid groups (broad SMARTS) is 1. The van der Waals surface area contributed by atoms with Gasteiger partial charge in [0.05, 0.1) is 12.7 Å². The van der Waals surface area contributed by atoms with Gasteiger partial charge in [0.15, 0.2) is 0 Å². The Labute approximate surface area is 78.2 Å². The zero-order chi connectivity index (χ0) is 9.14. The van der Waals surface area contributed by atoms with Crippen LogP contribution in [0.5, 0.6) is 0 Å². The molecule has 0 saturated heterocycles. The van der Waals surface area contributed by atoms with Crippen LogP contribution in [-0.4, -0.2) is 28.2 Å². The molecule has 1 unspecified atom stereocenters. The van der Waals surface area contributed by atoms with Gasteiger partial charge in [0, 0.05) is 6.20 Å². The Hall–Kier alpha value is -0.810. The van der Waals surface area contributed by atoms with Crippen molar-refractivity contribution in [3.05, 3.63) is 23.9 Å². The molecule has 0 aliphatic carbocycles. The number of halogens is 1. The predicted octanol–water partition coefficient (Wildman–Crippen LogP) is 1.11. The Morgan fingerprint density at radius 2 is 2.50 bits per heavy atom. The number of carbonyl (C=O) groups is 1. The highest BCUT2D eigenvalue weighted by Gasteiger charge is 2.16. The first-order chi connectivity index (χ1) is 5.65. The zero-order valence-electron chi connectivity index (χ0n) is 6.40. The van der Waals surface area contributed by atoms with Crippen LogP contribution in [0.4, 0.5) is 0 Å². The maximum absolute atomic E-state index is 10.5. The van der Waals surface area contributed by atoms with Gasteiger partial charge in [-0.05, 0) is 12.2 Å². The average molecular weight is 234 g/mol. The van der Waals surface area contributed by atoms with E-state index in [-0.39, 0.29) is 10.5 Å². The van der Waals surface area contributed by atoms with Crippen molar-refractivity contribution in [2.24, 2.45) is 0 Å². The fourth-order valence-electron chi connectivity index (χ4n) is 0.817. The summed E-state index contributed by atoms with van der Waals surface area (Å²) < 4.78 is 0. The lowest BCUT2D eigenvalue weighted by atomic mass is 10.2. The van der Waals surface area contributed by atoms with Crippen LogP contribution in [0, 0.1) is 0 Å². The number of carboxylic acids is 1. The number of rotatable bonds is 2. The Morgan fingerprint density at radius 3 is 2.92 bits per heavy atom. The maximum atomic E-state index is 10.5. The van der Waals surface area contributed by atoms with E-state index in [2.05, 4.69) is 15.9 Å². The third kappa shape index (κ3) is 1.86. The molecule has 0 bridgehead atoms. The van der Waals surface area contributed by atoms with Gasteiger partial charge in [-0.25, -0.2) is 9.86 Å². The first kappa shape index (κ1) is 9.28. The van der Waals surface area contributed by atoms with E-state index in [0.717, 1.165) is 0 Å². The monoisotopic (exact) mass is 233 g/mol. The molecule has 66 valence electrons. The summed E-state index contributed by atoms with van der Waals surface area (Å²) in [5, 5.41) is 10.1. The molecule has 1 heterocycles. The average Bonchev–Trinajstić information content (AvgIpc) is 2.04. The van der Waals surface area contributed by atoms with Crippen LogP contribution in [0.1, 0.15) is 0 Å². The third-order valence-electron chi connectivity index (χ3n) is 1.42. The van der Waals surface area contributed by atoms with Crippen LogP contribution in [0.2, 0.25) is 0 Å². The van der Waals surface area contributed by atoms with Crippen LogP contribution in [-0.2, 0) is 9.63 Å². The van der Waals surface area contributed by atoms with Crippen molar-refractivity contribution >= 4 is 21.9 Å². The van der Waals surface area contributed by atoms with Gasteiger partial charge in [0.2, 0.25) is 0 Å². The van der Waals surface area contributed by atoms with Crippen molar-refractivity contribution in [1.29, 1.82) is 0 Å². The van der Waals surface area contributed by atoms with Crippen molar-refractivity contribution < 1.29 is 14.7 Å². The number of hydrogen-bond donors (Lipinski definition) is 1. The first-order valence-electron chi connectivity index (χ1n) is 3.25. The number of alkyl halides is 1. The van der Waals surface area contributed by atoms with Crippen molar-refractivity contribution in [2.45, 2.75) is 4.95 Å². The molecule has 0 saturated carbocycles. The molecule has 1 aliphatic heterocycles. The topological polar surface area (TPSA) is 49.8 Å². The second-order valence-corrected chi connectivity index (χ2v) is 3.10. The molecule has 1 aliphatic rings. The molecule has 1 N–H and O–H groups in total. The Kier molecular flexibility index (Phi) is 2.88. The van der Waals surface area contributed by atoms with E-state index >= 15 is 0 Å². The van der Waals surface area contributed by atoms with Crippen molar-refractivity contribution in [1.82, 2.24) is 5.06 Å². The second kappa shape index (κ2) is 3.73. The SMILES string of the molecule is CON1C=CC(C(=O)O)=CC1Br. The summed E-state index contributed by atoms with van der Waals surface area (Å²) in [5.41, 5.74) is 0.255. The van der Waals surface area contributed by atoms with Crippen molar-refractivity contribution in [2.75, 3.05) is 7.11 Å². The Balaban J connectivity index is 2.75. The highest BCUT2D eigenvalue weighted by atomic mass is 79.9. The van der Waals surface area contributed by atoms with Crippen LogP contribution in [0.25, 0.3) is 0 Å². The lowest BCUT2D eigenvalue weighted by Crippen LogP contribution is -2.26. The molecule has 0 fully saturated rings. The fourth-order valence-corrected chi connectivity index (χ4v) is 1.41. The summed E-state index contributed by atoms with van der Waals surface area (Å²) in [7, 11) is 1.51. The van der Waals surface area contributed by atoms with E-state index in [0.29, 0.717) is 0 Å². The van der Waals surface area contributed by atoms with Gasteiger partial charge >= 0.3 is 5.97 Å². The van der Waals surface area contributed by atoms with E-state index in [1.54, 1.807) is 12.3 Å². The molecule has 0 spiro atoms. The van der Waals surface area contributed by atoms with Crippen molar-refractivity contribution in [3.8, 4) is 0 Å². The fraction of sp³-hybridized carbons (Fsp3) is 0.286. The molecule has 0 amide bonds. The highest BCUT2D eigenvalue weighted by molar-refractivity contribution is 9.09. The second-order valence-electron chi connectivity index (χ2n) is 2.16. The quantitative estimate of drug-likeness (QED) is 0.574. The number of hydroxylamine groups is 2. The number of hydrogen-bond acceptors (Lipinski definition) is 3. The molecule has 0 aromatic carbocycles. The highest BCUT2D eigenvalue weighted by Crippen LogP contribution is 2.18. The molecule has 1 rings (SSSR count). The van der Waals surface area contributed by atoms with Crippen LogP contribution >= 0.6 is 15.9 Å². The molecule has 0 aromatic heterocycles. The molecule has 4 nitrogen and oxygen atoms in total. The summed E-state index contributed by atoms with van der Waals surface area (Å²) in [6.07, 6.45) is 4.58. The minimum Gasteiger partial charge on any atom is -0.478 e. The maximum Gasteiger partial charge on any atom is 0.335 e. The van der Waals surface area contributed by atoms with Crippen LogP contribution in [0.15, 0.2) is 23.9 Å². The summed E-state index contributed by atoms with van der Waals surface area (Å²) in [5.74, 6) is -0.938. The summed E-state index contributed by atoms with van der Waals surface area (Å²) in [6, 6.07) is 0. The normalized spacial score (nSPS) is 22.3. The standard InChI is InChI=1S/C7H8BrNO3/c1-12-9-3-2-5(7(10)11)4-6(9)8/h2-4,6H,1H3,(H,10,11). The Bertz CT molecular complexity index is 249. The van der Waals surface area contributed by atoms with Gasteiger partial charge < -0.3 is 5.11 Å². The van der Waals surface area contributed by atoms with E-state index in [9.17, 15) is 4.79 Å². The molecular weight excluding hydrogens is 226 g/mol. The van der Waals surface area contributed by atoms with E-state index in [4.69, 9.17) is 9.94 Å². The molecule has 12 heavy (non-hydrogen) atoms. The van der Waals surface area contributed by atoms with Gasteiger partial charge in [-0.2, -0.15) is 0 Å². The van der Waals surface area contributed by atoms with Crippen LogP contribution < -0.4 is 0 Å². The lowest BCUT2D eigenvalue weighted by molar-refractivity contribution is -0.132. The third-order valence-corrected chi connectivity index (χ3v) is 2.09. The van der Waals surface area contributed by atoms with E-state index in [1.165, 1.54) is 18.2 Å². The van der Waals surface area contributed by atoms with Gasteiger partial charge in [-0.1, -0.05) is 15.9 Å². The zero-order valence-corrected chi connectivity index (χ0v) is 7.98. The minimum absolute atomic E-state index is 0.224. The summed E-state index contributed by atoms with van der Waals surface area (Å²) >= 11 is 3.23. The van der Waals surface area contributed by atoms with Gasteiger partial charge in [0.25, 0.3) is 0 Å². The minimum atomic E-state index is -0.938. The number of nitrogens with zero attached hydrogens (tertiary/aromatic N) is 1. The molecule has 5 heteroatoms. The molecule has 0 radical (unpaired) electrons.